The number of benzene rings is 2. The van der Waals surface area contributed by atoms with Gasteiger partial charge in [0.2, 0.25) is 0 Å². The number of rotatable bonds is 6. The highest BCUT2D eigenvalue weighted by Crippen LogP contribution is 2.34. The van der Waals surface area contributed by atoms with Crippen molar-refractivity contribution >= 4 is 11.0 Å². The van der Waals surface area contributed by atoms with Gasteiger partial charge >= 0.3 is 0 Å². The Kier molecular flexibility index (Phi) is 5.72. The molecule has 0 unspecified atom stereocenters. The van der Waals surface area contributed by atoms with Crippen molar-refractivity contribution in [3.8, 4) is 16.9 Å². The van der Waals surface area contributed by atoms with E-state index >= 15 is 0 Å². The topological polar surface area (TPSA) is 51.5 Å². The van der Waals surface area contributed by atoms with Crippen molar-refractivity contribution < 1.29 is 9.15 Å². The van der Waals surface area contributed by atoms with Gasteiger partial charge in [0.15, 0.2) is 5.43 Å². The van der Waals surface area contributed by atoms with Crippen LogP contribution in [0.5, 0.6) is 5.75 Å². The zero-order chi connectivity index (χ0) is 20.3. The van der Waals surface area contributed by atoms with Crippen LogP contribution in [0.2, 0.25) is 0 Å². The fourth-order valence-corrected chi connectivity index (χ4v) is 4.05. The molecule has 4 heteroatoms. The summed E-state index contributed by atoms with van der Waals surface area (Å²) < 4.78 is 11.6. The molecule has 1 aromatic heterocycles. The summed E-state index contributed by atoms with van der Waals surface area (Å²) >= 11 is 0. The molecule has 0 atom stereocenters. The first-order valence-corrected chi connectivity index (χ1v) is 10.5. The quantitative estimate of drug-likeness (QED) is 0.572. The second-order valence-electron chi connectivity index (χ2n) is 8.74. The molecule has 3 aromatic rings. The van der Waals surface area contributed by atoms with Crippen molar-refractivity contribution in [3.63, 3.8) is 0 Å². The number of hydrogen-bond donors (Lipinski definition) is 1. The highest BCUT2D eigenvalue weighted by atomic mass is 16.5. The lowest BCUT2D eigenvalue weighted by Crippen LogP contribution is -2.37. The summed E-state index contributed by atoms with van der Waals surface area (Å²) in [5.41, 5.74) is 2.46. The summed E-state index contributed by atoms with van der Waals surface area (Å²) in [5, 5.41) is 4.17. The maximum Gasteiger partial charge on any atom is 0.200 e. The summed E-state index contributed by atoms with van der Waals surface area (Å²) in [6, 6.07) is 15.6. The molecule has 0 spiro atoms. The second-order valence-corrected chi connectivity index (χ2v) is 8.74. The fourth-order valence-electron chi connectivity index (χ4n) is 4.05. The minimum absolute atomic E-state index is 0.0223. The lowest BCUT2D eigenvalue weighted by atomic mass is 9.75. The predicted octanol–water partition coefficient (Wildman–Crippen LogP) is 5.40. The molecule has 0 aliphatic heterocycles. The molecule has 0 bridgehead atoms. The first-order valence-electron chi connectivity index (χ1n) is 10.5. The van der Waals surface area contributed by atoms with Crippen LogP contribution < -0.4 is 15.5 Å². The molecule has 152 valence electrons. The van der Waals surface area contributed by atoms with Gasteiger partial charge in [0.25, 0.3) is 0 Å². The van der Waals surface area contributed by atoms with Crippen LogP contribution >= 0.6 is 0 Å². The van der Waals surface area contributed by atoms with Gasteiger partial charge in [0.1, 0.15) is 24.2 Å². The zero-order valence-electron chi connectivity index (χ0n) is 17.2. The van der Waals surface area contributed by atoms with Crippen LogP contribution in [0.15, 0.2) is 64.0 Å². The van der Waals surface area contributed by atoms with E-state index in [1.165, 1.54) is 31.9 Å². The van der Waals surface area contributed by atoms with Crippen molar-refractivity contribution in [2.24, 2.45) is 5.41 Å². The van der Waals surface area contributed by atoms with Crippen molar-refractivity contribution in [1.82, 2.24) is 5.32 Å². The first-order chi connectivity index (χ1) is 14.0. The molecule has 4 nitrogen and oxygen atoms in total. The Labute approximate surface area is 171 Å². The normalized spacial score (nSPS) is 16.8. The second kappa shape index (κ2) is 8.42. The van der Waals surface area contributed by atoms with Crippen LogP contribution in [0, 0.1) is 5.41 Å². The third-order valence-corrected chi connectivity index (χ3v) is 5.97. The maximum absolute atomic E-state index is 12.8. The number of ether oxygens (including phenoxy) is 1. The van der Waals surface area contributed by atoms with Crippen molar-refractivity contribution in [1.29, 1.82) is 0 Å². The Hall–Kier alpha value is -2.59. The average Bonchev–Trinajstić information content (AvgIpc) is 2.73. The average molecular weight is 392 g/mol. The molecular formula is C25H29NO3. The van der Waals surface area contributed by atoms with E-state index in [4.69, 9.17) is 9.15 Å². The third-order valence-electron chi connectivity index (χ3n) is 5.97. The number of hydrogen-bond acceptors (Lipinski definition) is 4. The van der Waals surface area contributed by atoms with Gasteiger partial charge in [-0.05, 0) is 48.8 Å². The van der Waals surface area contributed by atoms with Crippen LogP contribution in [-0.2, 0) is 0 Å². The SMILES string of the molecule is CC1(C)CCC(NCCOc2ccc3c(=O)c(-c4ccccc4)coc3c2)CC1. The van der Waals surface area contributed by atoms with Crippen molar-refractivity contribution in [2.75, 3.05) is 13.2 Å². The monoisotopic (exact) mass is 391 g/mol. The maximum atomic E-state index is 12.8. The van der Waals surface area contributed by atoms with Crippen LogP contribution in [0.1, 0.15) is 39.5 Å². The van der Waals surface area contributed by atoms with Crippen LogP contribution in [-0.4, -0.2) is 19.2 Å². The standard InChI is InChI=1S/C25H29NO3/c1-25(2)12-10-19(11-13-25)26-14-15-28-20-8-9-21-23(16-20)29-17-22(24(21)27)18-6-4-3-5-7-18/h3-9,16-17,19,26H,10-15H2,1-2H3. The van der Waals surface area contributed by atoms with Gasteiger partial charge < -0.3 is 14.5 Å². The molecule has 1 aliphatic rings. The first kappa shape index (κ1) is 19.7. The smallest absolute Gasteiger partial charge is 0.200 e. The Balaban J connectivity index is 1.36. The van der Waals surface area contributed by atoms with Gasteiger partial charge in [-0.1, -0.05) is 44.2 Å². The Morgan fingerprint density at radius 2 is 1.86 bits per heavy atom. The van der Waals surface area contributed by atoms with E-state index in [2.05, 4.69) is 19.2 Å². The minimum atomic E-state index is -0.0223. The van der Waals surface area contributed by atoms with Gasteiger partial charge in [-0.2, -0.15) is 0 Å². The number of fused-ring (bicyclic) bond motifs is 1. The lowest BCUT2D eigenvalue weighted by molar-refractivity contribution is 0.200. The molecule has 0 amide bonds. The molecule has 0 radical (unpaired) electrons. The van der Waals surface area contributed by atoms with Crippen LogP contribution in [0.4, 0.5) is 0 Å². The van der Waals surface area contributed by atoms with Gasteiger partial charge in [0, 0.05) is 18.7 Å². The summed E-state index contributed by atoms with van der Waals surface area (Å²) in [6.07, 6.45) is 6.56. The van der Waals surface area contributed by atoms with Gasteiger partial charge in [-0.25, -0.2) is 0 Å². The molecule has 1 saturated carbocycles. The molecule has 1 heterocycles. The molecule has 1 N–H and O–H groups in total. The number of nitrogens with one attached hydrogen (secondary N) is 1. The molecule has 4 rings (SSSR count). The van der Waals surface area contributed by atoms with Gasteiger partial charge in [0.05, 0.1) is 10.9 Å². The Morgan fingerprint density at radius 1 is 1.10 bits per heavy atom. The van der Waals surface area contributed by atoms with E-state index in [1.54, 1.807) is 12.1 Å². The Morgan fingerprint density at radius 3 is 2.62 bits per heavy atom. The van der Waals surface area contributed by atoms with E-state index in [1.807, 2.05) is 36.4 Å². The highest BCUT2D eigenvalue weighted by molar-refractivity contribution is 5.82. The zero-order valence-corrected chi connectivity index (χ0v) is 17.2. The van der Waals surface area contributed by atoms with E-state index in [-0.39, 0.29) is 5.43 Å². The summed E-state index contributed by atoms with van der Waals surface area (Å²) in [4.78, 5) is 12.8. The molecule has 2 aromatic carbocycles. The lowest BCUT2D eigenvalue weighted by Gasteiger charge is -2.34. The van der Waals surface area contributed by atoms with Gasteiger partial charge in [-0.3, -0.25) is 4.79 Å². The Bertz CT molecular complexity index is 1010. The largest absolute Gasteiger partial charge is 0.492 e. The predicted molar refractivity (Wildman–Crippen MR) is 117 cm³/mol. The van der Waals surface area contributed by atoms with E-state index in [9.17, 15) is 4.79 Å². The molecule has 1 aliphatic carbocycles. The fraction of sp³-hybridized carbons (Fsp3) is 0.400. The van der Waals surface area contributed by atoms with Crippen molar-refractivity contribution in [3.05, 3.63) is 65.0 Å². The van der Waals surface area contributed by atoms with E-state index in [0.717, 1.165) is 17.9 Å². The third kappa shape index (κ3) is 4.70. The van der Waals surface area contributed by atoms with E-state index in [0.29, 0.717) is 34.6 Å². The van der Waals surface area contributed by atoms with Crippen molar-refractivity contribution in [2.45, 2.75) is 45.6 Å². The molecule has 29 heavy (non-hydrogen) atoms. The summed E-state index contributed by atoms with van der Waals surface area (Å²) in [7, 11) is 0. The molecule has 1 fully saturated rings. The highest BCUT2D eigenvalue weighted by Gasteiger charge is 2.26. The minimum Gasteiger partial charge on any atom is -0.492 e. The van der Waals surface area contributed by atoms with Gasteiger partial charge in [-0.15, -0.1) is 0 Å². The summed E-state index contributed by atoms with van der Waals surface area (Å²) in [6.45, 7) is 6.12. The van der Waals surface area contributed by atoms with Crippen LogP contribution in [0.3, 0.4) is 0 Å². The summed E-state index contributed by atoms with van der Waals surface area (Å²) in [5.74, 6) is 0.722. The van der Waals surface area contributed by atoms with E-state index < -0.39 is 0 Å². The van der Waals surface area contributed by atoms with Crippen LogP contribution in [0.25, 0.3) is 22.1 Å². The molecule has 0 saturated heterocycles. The molecular weight excluding hydrogens is 362 g/mol.